The van der Waals surface area contributed by atoms with Gasteiger partial charge in [0.2, 0.25) is 5.91 Å². The number of carbonyl (C=O) groups is 1. The fourth-order valence-corrected chi connectivity index (χ4v) is 4.35. The van der Waals surface area contributed by atoms with Crippen LogP contribution >= 0.6 is 0 Å². The van der Waals surface area contributed by atoms with Crippen molar-refractivity contribution in [3.05, 3.63) is 0 Å². The van der Waals surface area contributed by atoms with Crippen LogP contribution in [0.3, 0.4) is 0 Å². The van der Waals surface area contributed by atoms with Crippen molar-refractivity contribution in [2.45, 2.75) is 51.1 Å². The van der Waals surface area contributed by atoms with Gasteiger partial charge >= 0.3 is 0 Å². The van der Waals surface area contributed by atoms with Crippen molar-refractivity contribution in [2.24, 2.45) is 11.8 Å². The number of nitrogens with one attached hydrogen (secondary N) is 1. The molecule has 3 fully saturated rings. The lowest BCUT2D eigenvalue weighted by molar-refractivity contribution is -0.128. The van der Waals surface area contributed by atoms with Crippen LogP contribution < -0.4 is 5.32 Å². The molecule has 2 saturated heterocycles. The van der Waals surface area contributed by atoms with E-state index in [-0.39, 0.29) is 6.04 Å². The lowest BCUT2D eigenvalue weighted by Gasteiger charge is -2.32. The quantitative estimate of drug-likeness (QED) is 0.727. The van der Waals surface area contributed by atoms with E-state index < -0.39 is 0 Å². The first-order chi connectivity index (χ1) is 7.83. The number of piperidine rings is 1. The van der Waals surface area contributed by atoms with E-state index in [1.807, 2.05) is 0 Å². The zero-order valence-corrected chi connectivity index (χ0v) is 10.1. The minimum atomic E-state index is 0.201. The monoisotopic (exact) mass is 222 g/mol. The fourth-order valence-electron chi connectivity index (χ4n) is 4.35. The third-order valence-electron chi connectivity index (χ3n) is 4.93. The van der Waals surface area contributed by atoms with Gasteiger partial charge in [-0.2, -0.15) is 0 Å². The summed E-state index contributed by atoms with van der Waals surface area (Å²) in [4.78, 5) is 14.5. The number of likely N-dealkylation sites (N-methyl/N-ethyl adjacent to an activating group) is 1. The maximum absolute atomic E-state index is 12.0. The standard InChI is InChI=1S/C13H22N2O/c1-2-15-11-6-4-3-5-9(11)10-7-8-14-13(16)12(10)15/h9-12H,2-8H2,1H3,(H,14,16). The molecule has 0 radical (unpaired) electrons. The molecule has 16 heavy (non-hydrogen) atoms. The van der Waals surface area contributed by atoms with Crippen LogP contribution in [-0.2, 0) is 4.79 Å². The molecule has 90 valence electrons. The largest absolute Gasteiger partial charge is 0.355 e. The Bertz CT molecular complexity index is 278. The number of fused-ring (bicyclic) bond motifs is 3. The van der Waals surface area contributed by atoms with Crippen LogP contribution in [0.5, 0.6) is 0 Å². The maximum Gasteiger partial charge on any atom is 0.237 e. The van der Waals surface area contributed by atoms with Crippen LogP contribution in [-0.4, -0.2) is 36.0 Å². The molecule has 1 N–H and O–H groups in total. The predicted octanol–water partition coefficient (Wildman–Crippen LogP) is 1.39. The van der Waals surface area contributed by atoms with E-state index in [1.54, 1.807) is 0 Å². The molecule has 0 aromatic rings. The molecule has 3 heteroatoms. The van der Waals surface area contributed by atoms with Crippen LogP contribution in [0, 0.1) is 11.8 Å². The van der Waals surface area contributed by atoms with Crippen molar-refractivity contribution in [1.29, 1.82) is 0 Å². The van der Waals surface area contributed by atoms with Crippen molar-refractivity contribution in [3.63, 3.8) is 0 Å². The normalized spacial score (nSPS) is 43.7. The van der Waals surface area contributed by atoms with E-state index in [0.717, 1.165) is 19.0 Å². The summed E-state index contributed by atoms with van der Waals surface area (Å²) in [5.74, 6) is 1.76. The minimum absolute atomic E-state index is 0.201. The number of nitrogens with zero attached hydrogens (tertiary/aromatic N) is 1. The number of likely N-dealkylation sites (tertiary alicyclic amines) is 1. The van der Waals surface area contributed by atoms with Gasteiger partial charge in [-0.3, -0.25) is 9.69 Å². The summed E-state index contributed by atoms with van der Waals surface area (Å²) in [5, 5.41) is 3.05. The van der Waals surface area contributed by atoms with Gasteiger partial charge in [-0.15, -0.1) is 0 Å². The second kappa shape index (κ2) is 4.02. The smallest absolute Gasteiger partial charge is 0.237 e. The van der Waals surface area contributed by atoms with Gasteiger partial charge in [0.25, 0.3) is 0 Å². The van der Waals surface area contributed by atoms with E-state index in [0.29, 0.717) is 17.9 Å². The molecule has 3 nitrogen and oxygen atoms in total. The molecule has 3 aliphatic rings. The summed E-state index contributed by atoms with van der Waals surface area (Å²) in [6.07, 6.45) is 6.62. The second-order valence-electron chi connectivity index (χ2n) is 5.53. The van der Waals surface area contributed by atoms with Crippen molar-refractivity contribution in [2.75, 3.05) is 13.1 Å². The predicted molar refractivity (Wildman–Crippen MR) is 63.0 cm³/mol. The first kappa shape index (κ1) is 10.6. The van der Waals surface area contributed by atoms with Crippen molar-refractivity contribution >= 4 is 5.91 Å². The Labute approximate surface area is 97.6 Å². The Morgan fingerprint density at radius 1 is 1.25 bits per heavy atom. The molecule has 2 aliphatic heterocycles. The number of hydrogen-bond donors (Lipinski definition) is 1. The van der Waals surface area contributed by atoms with Gasteiger partial charge in [0.1, 0.15) is 0 Å². The lowest BCUT2D eigenvalue weighted by atomic mass is 9.76. The Kier molecular flexibility index (Phi) is 2.66. The lowest BCUT2D eigenvalue weighted by Crippen LogP contribution is -2.51. The number of carbonyl (C=O) groups excluding carboxylic acids is 1. The molecule has 2 heterocycles. The Morgan fingerprint density at radius 2 is 2.06 bits per heavy atom. The highest BCUT2D eigenvalue weighted by Gasteiger charge is 2.52. The summed E-state index contributed by atoms with van der Waals surface area (Å²) in [7, 11) is 0. The zero-order valence-electron chi connectivity index (χ0n) is 10.1. The highest BCUT2D eigenvalue weighted by Crippen LogP contribution is 2.45. The van der Waals surface area contributed by atoms with E-state index >= 15 is 0 Å². The molecule has 0 aromatic carbocycles. The molecule has 0 bridgehead atoms. The molecular formula is C13H22N2O. The second-order valence-corrected chi connectivity index (χ2v) is 5.53. The van der Waals surface area contributed by atoms with Crippen molar-refractivity contribution in [1.82, 2.24) is 10.2 Å². The maximum atomic E-state index is 12.0. The van der Waals surface area contributed by atoms with Gasteiger partial charge in [-0.25, -0.2) is 0 Å². The minimum Gasteiger partial charge on any atom is -0.355 e. The Morgan fingerprint density at radius 3 is 2.88 bits per heavy atom. The fraction of sp³-hybridized carbons (Fsp3) is 0.923. The number of amides is 1. The van der Waals surface area contributed by atoms with E-state index in [2.05, 4.69) is 17.1 Å². The van der Waals surface area contributed by atoms with Crippen LogP contribution in [0.15, 0.2) is 0 Å². The topological polar surface area (TPSA) is 32.3 Å². The number of rotatable bonds is 1. The first-order valence-corrected chi connectivity index (χ1v) is 6.86. The average molecular weight is 222 g/mol. The summed E-state index contributed by atoms with van der Waals surface area (Å²) in [5.41, 5.74) is 0. The molecule has 4 unspecified atom stereocenters. The molecule has 1 aliphatic carbocycles. The molecule has 1 amide bonds. The van der Waals surface area contributed by atoms with Crippen LogP contribution in [0.4, 0.5) is 0 Å². The summed E-state index contributed by atoms with van der Waals surface area (Å²) < 4.78 is 0. The third kappa shape index (κ3) is 1.41. The molecule has 0 spiro atoms. The molecular weight excluding hydrogens is 200 g/mol. The first-order valence-electron chi connectivity index (χ1n) is 6.86. The molecule has 4 atom stereocenters. The van der Waals surface area contributed by atoms with Gasteiger partial charge in [-0.1, -0.05) is 19.8 Å². The summed E-state index contributed by atoms with van der Waals surface area (Å²) in [6, 6.07) is 0.907. The van der Waals surface area contributed by atoms with Gasteiger partial charge in [-0.05, 0) is 37.6 Å². The van der Waals surface area contributed by atoms with E-state index in [1.165, 1.54) is 32.1 Å². The van der Waals surface area contributed by atoms with E-state index in [9.17, 15) is 4.79 Å². The van der Waals surface area contributed by atoms with Gasteiger partial charge in [0, 0.05) is 12.6 Å². The van der Waals surface area contributed by atoms with Crippen molar-refractivity contribution < 1.29 is 4.79 Å². The molecule has 3 rings (SSSR count). The van der Waals surface area contributed by atoms with Crippen LogP contribution in [0.1, 0.15) is 39.0 Å². The van der Waals surface area contributed by atoms with E-state index in [4.69, 9.17) is 0 Å². The summed E-state index contributed by atoms with van der Waals surface area (Å²) in [6.45, 7) is 4.15. The molecule has 1 saturated carbocycles. The van der Waals surface area contributed by atoms with Crippen LogP contribution in [0.2, 0.25) is 0 Å². The highest BCUT2D eigenvalue weighted by atomic mass is 16.2. The Balaban J connectivity index is 1.90. The average Bonchev–Trinajstić information content (AvgIpc) is 2.65. The van der Waals surface area contributed by atoms with Gasteiger partial charge in [0.05, 0.1) is 6.04 Å². The number of hydrogen-bond acceptors (Lipinski definition) is 2. The SMILES string of the molecule is CCN1C2CCCCC2C2CCNC(=O)C21. The third-order valence-corrected chi connectivity index (χ3v) is 4.93. The van der Waals surface area contributed by atoms with Crippen LogP contribution in [0.25, 0.3) is 0 Å². The Hall–Kier alpha value is -0.570. The van der Waals surface area contributed by atoms with Crippen molar-refractivity contribution in [3.8, 4) is 0 Å². The van der Waals surface area contributed by atoms with Gasteiger partial charge < -0.3 is 5.32 Å². The molecule has 0 aromatic heterocycles. The summed E-state index contributed by atoms with van der Waals surface area (Å²) >= 11 is 0. The zero-order chi connectivity index (χ0) is 11.1. The highest BCUT2D eigenvalue weighted by molar-refractivity contribution is 5.83. The van der Waals surface area contributed by atoms with Gasteiger partial charge in [0.15, 0.2) is 0 Å².